The molecule has 0 spiro atoms. The molecule has 0 aliphatic carbocycles. The van der Waals surface area contributed by atoms with E-state index in [0.717, 1.165) is 122 Å². The SMILES string of the molecule is C/C=C/CC/C=C/CC/C=C/CCCC(O)C(O)C(COP(=O)(O)OCC[N+](C)(C)C)NC(=O)CCCCCCCC/C=C\C/C=C\C/C=C\C/C=C\C/C=C\C/C=C\C/C=C\C/C=C\CC. The summed E-state index contributed by atoms with van der Waals surface area (Å²) in [7, 11) is 1.37. The number of likely N-dealkylation sites (N-methyl/N-ethyl adjacent to an activating group) is 1. The average molecular weight is 952 g/mol. The molecule has 0 aromatic rings. The average Bonchev–Trinajstić information content (AvgIpc) is 3.29. The molecule has 10 heteroatoms. The van der Waals surface area contributed by atoms with Crippen molar-refractivity contribution in [2.75, 3.05) is 40.9 Å². The zero-order valence-electron chi connectivity index (χ0n) is 42.7. The summed E-state index contributed by atoms with van der Waals surface area (Å²) in [5.41, 5.74) is 0. The van der Waals surface area contributed by atoms with E-state index in [9.17, 15) is 24.5 Å². The number of nitrogens with zero attached hydrogens (tertiary/aromatic N) is 1. The highest BCUT2D eigenvalue weighted by atomic mass is 31.2. The van der Waals surface area contributed by atoms with Crippen molar-refractivity contribution in [1.29, 1.82) is 0 Å². The maximum absolute atomic E-state index is 13.0. The Morgan fingerprint density at radius 1 is 0.552 bits per heavy atom. The lowest BCUT2D eigenvalue weighted by Crippen LogP contribution is -2.51. The van der Waals surface area contributed by atoms with E-state index < -0.39 is 32.7 Å². The van der Waals surface area contributed by atoms with E-state index in [4.69, 9.17) is 9.05 Å². The van der Waals surface area contributed by atoms with E-state index in [1.807, 2.05) is 28.1 Å². The summed E-state index contributed by atoms with van der Waals surface area (Å²) in [6.45, 7) is 4.20. The normalized spacial score (nSPS) is 15.6. The molecule has 9 nitrogen and oxygen atoms in total. The van der Waals surface area contributed by atoms with Gasteiger partial charge in [-0.25, -0.2) is 4.57 Å². The number of unbranched alkanes of at least 4 members (excludes halogenated alkanes) is 9. The molecule has 4 atom stereocenters. The number of allylic oxidation sites excluding steroid dienone is 22. The fraction of sp³-hybridized carbons (Fsp3) is 0.596. The van der Waals surface area contributed by atoms with Crippen molar-refractivity contribution >= 4 is 13.7 Å². The third-order valence-corrected chi connectivity index (χ3v) is 11.5. The molecule has 0 saturated carbocycles. The lowest BCUT2D eigenvalue weighted by Gasteiger charge is -2.28. The van der Waals surface area contributed by atoms with Crippen LogP contribution in [0.5, 0.6) is 0 Å². The fourth-order valence-corrected chi connectivity index (χ4v) is 7.23. The zero-order chi connectivity index (χ0) is 49.4. The number of phosphoric ester groups is 1. The Balaban J connectivity index is 4.38. The molecule has 1 amide bonds. The first-order valence-electron chi connectivity index (χ1n) is 25.6. The highest BCUT2D eigenvalue weighted by Gasteiger charge is 2.31. The number of aliphatic hydroxyl groups is 2. The maximum atomic E-state index is 13.0. The fourth-order valence-electron chi connectivity index (χ4n) is 6.49. The summed E-state index contributed by atoms with van der Waals surface area (Å²) in [4.78, 5) is 23.2. The summed E-state index contributed by atoms with van der Waals surface area (Å²) in [5.74, 6) is -0.297. The third kappa shape index (κ3) is 47.5. The van der Waals surface area contributed by atoms with Gasteiger partial charge in [-0.15, -0.1) is 0 Å². The van der Waals surface area contributed by atoms with E-state index >= 15 is 0 Å². The molecule has 0 saturated heterocycles. The molecule has 0 aliphatic rings. The predicted molar refractivity (Wildman–Crippen MR) is 287 cm³/mol. The highest BCUT2D eigenvalue weighted by Crippen LogP contribution is 2.43. The maximum Gasteiger partial charge on any atom is 0.472 e. The molecule has 0 heterocycles. The number of aliphatic hydroxyl groups excluding tert-OH is 2. The number of carbonyl (C=O) groups is 1. The lowest BCUT2D eigenvalue weighted by molar-refractivity contribution is -0.870. The van der Waals surface area contributed by atoms with Crippen LogP contribution in [0.2, 0.25) is 0 Å². The Morgan fingerprint density at radius 3 is 1.43 bits per heavy atom. The monoisotopic (exact) mass is 952 g/mol. The molecule has 67 heavy (non-hydrogen) atoms. The van der Waals surface area contributed by atoms with Crippen LogP contribution < -0.4 is 5.32 Å². The van der Waals surface area contributed by atoms with Crippen LogP contribution in [-0.4, -0.2) is 84.6 Å². The summed E-state index contributed by atoms with van der Waals surface area (Å²) in [6, 6.07) is -1.08. The van der Waals surface area contributed by atoms with Crippen LogP contribution in [-0.2, 0) is 18.4 Å². The van der Waals surface area contributed by atoms with Crippen molar-refractivity contribution in [3.63, 3.8) is 0 Å². The van der Waals surface area contributed by atoms with Gasteiger partial charge in [-0.05, 0) is 122 Å². The molecular formula is C57H96N2O7P+. The van der Waals surface area contributed by atoms with E-state index in [2.05, 4.69) is 146 Å². The van der Waals surface area contributed by atoms with Crippen molar-refractivity contribution in [1.82, 2.24) is 5.32 Å². The van der Waals surface area contributed by atoms with Crippen LogP contribution in [0.15, 0.2) is 134 Å². The Hall–Kier alpha value is -3.40. The van der Waals surface area contributed by atoms with Gasteiger partial charge in [-0.1, -0.05) is 166 Å². The number of amides is 1. The number of hydrogen-bond acceptors (Lipinski definition) is 6. The summed E-state index contributed by atoms with van der Waals surface area (Å²) >= 11 is 0. The molecule has 4 N–H and O–H groups in total. The second-order valence-corrected chi connectivity index (χ2v) is 19.4. The second-order valence-electron chi connectivity index (χ2n) is 17.9. The van der Waals surface area contributed by atoms with Crippen molar-refractivity contribution < 1.29 is 38.0 Å². The molecule has 0 bridgehead atoms. The number of phosphoric acid groups is 1. The number of quaternary nitrogens is 1. The molecule has 0 radical (unpaired) electrons. The Kier molecular flexibility index (Phi) is 44.0. The number of carbonyl (C=O) groups excluding carboxylic acids is 1. The van der Waals surface area contributed by atoms with Crippen molar-refractivity contribution in [2.24, 2.45) is 0 Å². The molecule has 380 valence electrons. The molecule has 0 rings (SSSR count). The van der Waals surface area contributed by atoms with Crippen molar-refractivity contribution in [3.8, 4) is 0 Å². The van der Waals surface area contributed by atoms with Crippen LogP contribution in [0.25, 0.3) is 0 Å². The van der Waals surface area contributed by atoms with Crippen LogP contribution in [0.4, 0.5) is 0 Å². The first kappa shape index (κ1) is 63.6. The minimum absolute atomic E-state index is 0.000973. The van der Waals surface area contributed by atoms with E-state index in [-0.39, 0.29) is 18.9 Å². The molecule has 0 aromatic carbocycles. The minimum atomic E-state index is -4.45. The minimum Gasteiger partial charge on any atom is -0.390 e. The second kappa shape index (κ2) is 46.3. The third-order valence-electron chi connectivity index (χ3n) is 10.5. The Labute approximate surface area is 409 Å². The predicted octanol–water partition coefficient (Wildman–Crippen LogP) is 14.2. The first-order valence-corrected chi connectivity index (χ1v) is 27.1. The number of rotatable bonds is 44. The van der Waals surface area contributed by atoms with Gasteiger partial charge < -0.3 is 24.9 Å². The van der Waals surface area contributed by atoms with Crippen LogP contribution >= 0.6 is 7.82 Å². The van der Waals surface area contributed by atoms with E-state index in [1.54, 1.807) is 0 Å². The smallest absolute Gasteiger partial charge is 0.390 e. The number of nitrogens with one attached hydrogen (secondary N) is 1. The van der Waals surface area contributed by atoms with Gasteiger partial charge in [0.15, 0.2) is 0 Å². The van der Waals surface area contributed by atoms with Gasteiger partial charge in [0.2, 0.25) is 5.91 Å². The first-order chi connectivity index (χ1) is 32.4. The van der Waals surface area contributed by atoms with Crippen LogP contribution in [0.3, 0.4) is 0 Å². The van der Waals surface area contributed by atoms with Gasteiger partial charge in [0.1, 0.15) is 19.3 Å². The van der Waals surface area contributed by atoms with Gasteiger partial charge in [-0.3, -0.25) is 13.8 Å². The van der Waals surface area contributed by atoms with Crippen molar-refractivity contribution in [3.05, 3.63) is 134 Å². The van der Waals surface area contributed by atoms with Gasteiger partial charge in [0.05, 0.1) is 39.9 Å². The molecule has 0 fully saturated rings. The quantitative estimate of drug-likeness (QED) is 0.0207. The van der Waals surface area contributed by atoms with Gasteiger partial charge in [0, 0.05) is 6.42 Å². The van der Waals surface area contributed by atoms with Gasteiger partial charge >= 0.3 is 7.82 Å². The highest BCUT2D eigenvalue weighted by molar-refractivity contribution is 7.47. The zero-order valence-corrected chi connectivity index (χ0v) is 43.6. The van der Waals surface area contributed by atoms with E-state index in [1.165, 1.54) is 0 Å². The molecule has 0 aromatic heterocycles. The Morgan fingerprint density at radius 2 is 0.955 bits per heavy atom. The standard InChI is InChI=1S/C57H95N2O7P/c1-6-8-10-12-14-16-18-20-21-22-23-24-25-26-27-28-29-30-31-32-33-34-35-36-37-38-40-42-44-46-48-50-56(61)58-54(53-66-67(63,64)65-52-51-59(3,4)5)57(62)55(60)49-47-45-43-41-39-19-17-15-13-11-9-7-2/h7-10,14-17,20-21,23-24,26-27,29-30,32-33,35-36,41,43,54-55,57,60,62H,6,11-13,18-19,22,25,28,31,34,37-40,42,44-53H2,1-5H3,(H-,58,61,63,64)/p+1/b9-7+,10-8-,16-14-,17-15+,21-20-,24-23-,27-26-,30-29-,33-32-,36-35-,43-41+. The summed E-state index contributed by atoms with van der Waals surface area (Å²) in [6.07, 6.45) is 66.9. The molecule has 0 aliphatic heterocycles. The molecule has 4 unspecified atom stereocenters. The summed E-state index contributed by atoms with van der Waals surface area (Å²) < 4.78 is 23.5. The van der Waals surface area contributed by atoms with Crippen LogP contribution in [0.1, 0.15) is 162 Å². The largest absolute Gasteiger partial charge is 0.472 e. The van der Waals surface area contributed by atoms with Crippen LogP contribution in [0, 0.1) is 0 Å². The van der Waals surface area contributed by atoms with E-state index in [0.29, 0.717) is 30.3 Å². The molecular weight excluding hydrogens is 856 g/mol. The number of hydrogen-bond donors (Lipinski definition) is 4. The summed E-state index contributed by atoms with van der Waals surface area (Å²) in [5, 5.41) is 24.7. The topological polar surface area (TPSA) is 125 Å². The van der Waals surface area contributed by atoms with Gasteiger partial charge in [0.25, 0.3) is 0 Å². The van der Waals surface area contributed by atoms with Gasteiger partial charge in [-0.2, -0.15) is 0 Å². The lowest BCUT2D eigenvalue weighted by atomic mass is 10.0. The van der Waals surface area contributed by atoms with Crippen molar-refractivity contribution in [2.45, 2.75) is 180 Å². The Bertz CT molecular complexity index is 1560.